The van der Waals surface area contributed by atoms with Crippen molar-refractivity contribution < 1.29 is 33.0 Å². The van der Waals surface area contributed by atoms with Crippen molar-refractivity contribution in [1.29, 1.82) is 0 Å². The van der Waals surface area contributed by atoms with E-state index >= 15 is 0 Å². The number of carboxylic acids is 2. The van der Waals surface area contributed by atoms with Crippen LogP contribution in [-0.2, 0) is 26.0 Å². The number of aromatic nitrogens is 2. The molecule has 6 rings (SSSR count). The lowest BCUT2D eigenvalue weighted by Gasteiger charge is -2.23. The zero-order chi connectivity index (χ0) is 32.0. The predicted octanol–water partition coefficient (Wildman–Crippen LogP) is 3.89. The second kappa shape index (κ2) is 13.9. The summed E-state index contributed by atoms with van der Waals surface area (Å²) in [5.41, 5.74) is 2.74. The molecule has 2 N–H and O–H groups in total. The molecule has 11 nitrogen and oxygen atoms in total. The minimum Gasteiger partial charge on any atom is -0.478 e. The number of aliphatic carboxylic acids is 2. The first kappa shape index (κ1) is 31.6. The van der Waals surface area contributed by atoms with Crippen molar-refractivity contribution in [3.8, 4) is 0 Å². The van der Waals surface area contributed by atoms with Crippen LogP contribution in [0.4, 0.5) is 0 Å². The number of hydrogen-bond acceptors (Lipinski definition) is 7. The van der Waals surface area contributed by atoms with E-state index in [4.69, 9.17) is 10.2 Å². The number of carbonyl (C=O) groups is 3. The second-order valence-corrected chi connectivity index (χ2v) is 12.7. The van der Waals surface area contributed by atoms with Gasteiger partial charge in [-0.3, -0.25) is 9.69 Å². The molecule has 1 aromatic heterocycles. The molecule has 45 heavy (non-hydrogen) atoms. The van der Waals surface area contributed by atoms with Crippen molar-refractivity contribution in [1.82, 2.24) is 18.8 Å². The molecule has 0 radical (unpaired) electrons. The van der Waals surface area contributed by atoms with Gasteiger partial charge in [0.15, 0.2) is 0 Å². The van der Waals surface area contributed by atoms with E-state index in [0.717, 1.165) is 38.2 Å². The van der Waals surface area contributed by atoms with Gasteiger partial charge in [-0.05, 0) is 74.3 Å². The van der Waals surface area contributed by atoms with E-state index in [1.807, 2.05) is 47.4 Å². The molecule has 1 amide bonds. The smallest absolute Gasteiger partial charge is 0.328 e. The Morgan fingerprint density at radius 3 is 2.09 bits per heavy atom. The Morgan fingerprint density at radius 2 is 1.44 bits per heavy atom. The second-order valence-electron chi connectivity index (χ2n) is 10.9. The van der Waals surface area contributed by atoms with Crippen molar-refractivity contribution in [2.24, 2.45) is 0 Å². The van der Waals surface area contributed by atoms with Crippen LogP contribution in [0.25, 0.3) is 11.0 Å². The molecule has 0 saturated carbocycles. The maximum Gasteiger partial charge on any atom is 0.328 e. The first-order valence-electron chi connectivity index (χ1n) is 14.7. The molecule has 3 aromatic carbocycles. The van der Waals surface area contributed by atoms with E-state index in [2.05, 4.69) is 9.88 Å². The largest absolute Gasteiger partial charge is 0.478 e. The lowest BCUT2D eigenvalue weighted by atomic mass is 10.1. The fraction of sp³-hybridized carbons (Fsp3) is 0.273. The van der Waals surface area contributed by atoms with Gasteiger partial charge in [-0.1, -0.05) is 42.5 Å². The van der Waals surface area contributed by atoms with E-state index in [-0.39, 0.29) is 10.8 Å². The number of carbonyl (C=O) groups excluding carboxylic acids is 1. The summed E-state index contributed by atoms with van der Waals surface area (Å²) in [7, 11) is -3.83. The number of hydrogen-bond donors (Lipinski definition) is 2. The van der Waals surface area contributed by atoms with Gasteiger partial charge in [0.1, 0.15) is 5.82 Å². The average Bonchev–Trinajstić information content (AvgIpc) is 3.81. The first-order chi connectivity index (χ1) is 21.6. The SMILES string of the molecule is O=C(O)/C=C/C(=O)O.O=C(c1ccc(Cc2nc3ccccc3n2S(=O)(=O)c2ccccc2)cc1)N1CC[C@H](N2CCCC2)C1. The van der Waals surface area contributed by atoms with Crippen LogP contribution < -0.4 is 0 Å². The molecular weight excluding hydrogens is 596 g/mol. The van der Waals surface area contributed by atoms with Gasteiger partial charge in [-0.2, -0.15) is 0 Å². The van der Waals surface area contributed by atoms with Gasteiger partial charge in [0.25, 0.3) is 15.9 Å². The number of rotatable bonds is 8. The van der Waals surface area contributed by atoms with Crippen LogP contribution in [0.5, 0.6) is 0 Å². The van der Waals surface area contributed by atoms with Crippen molar-refractivity contribution >= 4 is 38.9 Å². The lowest BCUT2D eigenvalue weighted by Crippen LogP contribution is -2.37. The zero-order valence-electron chi connectivity index (χ0n) is 24.5. The van der Waals surface area contributed by atoms with Gasteiger partial charge in [-0.15, -0.1) is 0 Å². The van der Waals surface area contributed by atoms with Gasteiger partial charge in [0.05, 0.1) is 15.9 Å². The van der Waals surface area contributed by atoms with Crippen molar-refractivity contribution in [2.45, 2.75) is 36.6 Å². The van der Waals surface area contributed by atoms with E-state index in [0.29, 0.717) is 47.0 Å². The number of benzene rings is 3. The molecule has 12 heteroatoms. The normalized spacial score (nSPS) is 17.0. The topological polar surface area (TPSA) is 150 Å². The molecular formula is C33H34N4O7S. The van der Waals surface area contributed by atoms with E-state index in [1.54, 1.807) is 36.4 Å². The number of amides is 1. The van der Waals surface area contributed by atoms with Crippen molar-refractivity contribution in [3.63, 3.8) is 0 Å². The summed E-state index contributed by atoms with van der Waals surface area (Å²) in [5, 5.41) is 15.6. The molecule has 2 aliphatic rings. The molecule has 4 aromatic rings. The lowest BCUT2D eigenvalue weighted by molar-refractivity contribution is -0.134. The molecule has 0 spiro atoms. The molecule has 2 fully saturated rings. The third-order valence-electron chi connectivity index (χ3n) is 7.91. The molecule has 1 atom stereocenters. The number of carboxylic acid groups (broad SMARTS) is 2. The average molecular weight is 631 g/mol. The van der Waals surface area contributed by atoms with Crippen LogP contribution in [-0.4, -0.2) is 87.5 Å². The summed E-state index contributed by atoms with van der Waals surface area (Å²) in [5.74, 6) is -2.01. The van der Waals surface area contributed by atoms with Gasteiger partial charge >= 0.3 is 11.9 Å². The highest BCUT2D eigenvalue weighted by molar-refractivity contribution is 7.90. The highest BCUT2D eigenvalue weighted by Crippen LogP contribution is 2.26. The third-order valence-corrected chi connectivity index (χ3v) is 9.66. The quantitative estimate of drug-likeness (QED) is 0.277. The van der Waals surface area contributed by atoms with E-state index in [1.165, 1.54) is 16.8 Å². The summed E-state index contributed by atoms with van der Waals surface area (Å²) in [6.07, 6.45) is 5.00. The Balaban J connectivity index is 0.000000444. The fourth-order valence-electron chi connectivity index (χ4n) is 5.74. The summed E-state index contributed by atoms with van der Waals surface area (Å²) < 4.78 is 28.5. The van der Waals surface area contributed by atoms with Crippen LogP contribution in [0.1, 0.15) is 41.0 Å². The summed E-state index contributed by atoms with van der Waals surface area (Å²) in [4.78, 5) is 41.6. The highest BCUT2D eigenvalue weighted by Gasteiger charge is 2.32. The maximum absolute atomic E-state index is 13.6. The third kappa shape index (κ3) is 7.47. The predicted molar refractivity (Wildman–Crippen MR) is 168 cm³/mol. The van der Waals surface area contributed by atoms with Crippen LogP contribution in [0.15, 0.2) is 95.9 Å². The molecule has 234 valence electrons. The van der Waals surface area contributed by atoms with Gasteiger partial charge in [-0.25, -0.2) is 27.0 Å². The van der Waals surface area contributed by atoms with Gasteiger partial charge in [0.2, 0.25) is 0 Å². The molecule has 0 unspecified atom stereocenters. The molecule has 2 saturated heterocycles. The monoisotopic (exact) mass is 630 g/mol. The van der Waals surface area contributed by atoms with Crippen molar-refractivity contribution in [2.75, 3.05) is 26.2 Å². The highest BCUT2D eigenvalue weighted by atomic mass is 32.2. The van der Waals surface area contributed by atoms with Gasteiger partial charge in [0, 0.05) is 43.3 Å². The number of nitrogens with zero attached hydrogens (tertiary/aromatic N) is 4. The van der Waals surface area contributed by atoms with Crippen molar-refractivity contribution in [3.05, 3.63) is 108 Å². The number of fused-ring (bicyclic) bond motifs is 1. The van der Waals surface area contributed by atoms with E-state index < -0.39 is 22.0 Å². The van der Waals surface area contributed by atoms with Crippen LogP contribution >= 0.6 is 0 Å². The number of para-hydroxylation sites is 2. The van der Waals surface area contributed by atoms with E-state index in [9.17, 15) is 22.8 Å². The summed E-state index contributed by atoms with van der Waals surface area (Å²) in [6.45, 7) is 3.88. The van der Waals surface area contributed by atoms with Crippen LogP contribution in [0.3, 0.4) is 0 Å². The Kier molecular flexibility index (Phi) is 9.74. The fourth-order valence-corrected chi connectivity index (χ4v) is 7.24. The number of likely N-dealkylation sites (tertiary alicyclic amines) is 2. The Bertz CT molecular complexity index is 1800. The minimum absolute atomic E-state index is 0.0622. The molecule has 0 aliphatic carbocycles. The molecule has 3 heterocycles. The first-order valence-corrected chi connectivity index (χ1v) is 16.1. The zero-order valence-corrected chi connectivity index (χ0v) is 25.3. The molecule has 2 aliphatic heterocycles. The summed E-state index contributed by atoms with van der Waals surface area (Å²) in [6, 6.07) is 23.7. The summed E-state index contributed by atoms with van der Waals surface area (Å²) >= 11 is 0. The Hall–Kier alpha value is -4.81. The minimum atomic E-state index is -3.83. The van der Waals surface area contributed by atoms with Crippen LogP contribution in [0.2, 0.25) is 0 Å². The standard InChI is InChI=1S/C29H30N4O3S.C4H4O4/c34-29(32-19-16-24(21-32)31-17-6-7-18-31)23-14-12-22(13-15-23)20-28-30-26-10-4-5-11-27(26)33(28)37(35,36)25-8-2-1-3-9-25;5-3(6)1-2-4(7)8/h1-5,8-15,24H,6-7,16-21H2;1-2H,(H,5,6)(H,7,8)/b;2-1+/t24-;/m0./s1. The van der Waals surface area contributed by atoms with Crippen LogP contribution in [0, 0.1) is 0 Å². The number of imidazole rings is 1. The maximum atomic E-state index is 13.6. The Morgan fingerprint density at radius 1 is 0.822 bits per heavy atom. The Labute approximate surface area is 261 Å². The molecule has 0 bridgehead atoms. The van der Waals surface area contributed by atoms with Gasteiger partial charge < -0.3 is 15.1 Å².